The number of hydrogen-bond donors (Lipinski definition) is 1. The van der Waals surface area contributed by atoms with Gasteiger partial charge in [0.1, 0.15) is 0 Å². The van der Waals surface area contributed by atoms with Crippen molar-refractivity contribution < 1.29 is 14.3 Å². The minimum Gasteiger partial charge on any atom is -0.463 e. The molecule has 1 heterocycles. The zero-order valence-corrected chi connectivity index (χ0v) is 9.96. The molecule has 1 aliphatic heterocycles. The largest absolute Gasteiger partial charge is 0.463 e. The Hall–Kier alpha value is -0.870. The van der Waals surface area contributed by atoms with Gasteiger partial charge in [-0.05, 0) is 26.2 Å². The Morgan fingerprint density at radius 3 is 3.00 bits per heavy atom. The molecule has 4 heteroatoms. The van der Waals surface area contributed by atoms with Crippen molar-refractivity contribution in [2.45, 2.75) is 32.3 Å². The Morgan fingerprint density at radius 1 is 1.56 bits per heavy atom. The number of carbonyl (C=O) groups excluding carboxylic acids is 1. The first-order chi connectivity index (χ1) is 7.74. The summed E-state index contributed by atoms with van der Waals surface area (Å²) < 4.78 is 10.4. The first kappa shape index (κ1) is 13.2. The average molecular weight is 227 g/mol. The van der Waals surface area contributed by atoms with Crippen LogP contribution in [0.2, 0.25) is 0 Å². The van der Waals surface area contributed by atoms with E-state index in [1.807, 2.05) is 0 Å². The Labute approximate surface area is 97.0 Å². The van der Waals surface area contributed by atoms with Crippen LogP contribution in [-0.4, -0.2) is 38.4 Å². The molecule has 92 valence electrons. The minimum atomic E-state index is -0.320. The molecule has 0 bridgehead atoms. The molecule has 1 rings (SSSR count). The predicted molar refractivity (Wildman–Crippen MR) is 62.2 cm³/mol. The molecule has 16 heavy (non-hydrogen) atoms. The highest BCUT2D eigenvalue weighted by molar-refractivity contribution is 5.88. The van der Waals surface area contributed by atoms with Gasteiger partial charge in [-0.3, -0.25) is 0 Å². The molecule has 1 atom stereocenters. The molecular weight excluding hydrogens is 206 g/mol. The van der Waals surface area contributed by atoms with Gasteiger partial charge >= 0.3 is 5.97 Å². The van der Waals surface area contributed by atoms with Crippen LogP contribution in [0.25, 0.3) is 0 Å². The zero-order valence-electron chi connectivity index (χ0n) is 9.96. The molecule has 0 aromatic heterocycles. The van der Waals surface area contributed by atoms with Crippen molar-refractivity contribution in [1.82, 2.24) is 5.32 Å². The number of carbonyl (C=O) groups is 1. The van der Waals surface area contributed by atoms with Crippen LogP contribution >= 0.6 is 0 Å². The molecule has 0 aromatic rings. The third-order valence-corrected chi connectivity index (χ3v) is 2.55. The van der Waals surface area contributed by atoms with Crippen LogP contribution in [0.15, 0.2) is 12.2 Å². The first-order valence-electron chi connectivity index (χ1n) is 5.91. The molecule has 0 aromatic carbocycles. The molecule has 1 unspecified atom stereocenters. The summed E-state index contributed by atoms with van der Waals surface area (Å²) >= 11 is 0. The Bertz CT molecular complexity index is 234. The monoisotopic (exact) mass is 227 g/mol. The van der Waals surface area contributed by atoms with Gasteiger partial charge in [-0.25, -0.2) is 4.79 Å². The summed E-state index contributed by atoms with van der Waals surface area (Å²) in [4.78, 5) is 11.2. The molecule has 0 spiro atoms. The van der Waals surface area contributed by atoms with Gasteiger partial charge in [0, 0.05) is 25.3 Å². The predicted octanol–water partition coefficient (Wildman–Crippen LogP) is 1.26. The van der Waals surface area contributed by atoms with E-state index in [9.17, 15) is 4.79 Å². The van der Waals surface area contributed by atoms with Gasteiger partial charge in [0.15, 0.2) is 0 Å². The standard InChI is InChI=1S/C12H21NO3/c1-3-15-12(14)10(2)8-13-9-11-6-4-5-7-16-11/h11,13H,2-9H2,1H3. The lowest BCUT2D eigenvalue weighted by atomic mass is 10.1. The van der Waals surface area contributed by atoms with E-state index in [4.69, 9.17) is 9.47 Å². The maximum absolute atomic E-state index is 11.2. The van der Waals surface area contributed by atoms with Gasteiger partial charge < -0.3 is 14.8 Å². The van der Waals surface area contributed by atoms with E-state index in [1.165, 1.54) is 6.42 Å². The molecule has 0 aliphatic carbocycles. The smallest absolute Gasteiger partial charge is 0.334 e. The van der Waals surface area contributed by atoms with Gasteiger partial charge in [-0.2, -0.15) is 0 Å². The second-order valence-electron chi connectivity index (χ2n) is 3.94. The fourth-order valence-electron chi connectivity index (χ4n) is 1.66. The molecule has 4 nitrogen and oxygen atoms in total. The fraction of sp³-hybridized carbons (Fsp3) is 0.750. The molecule has 1 N–H and O–H groups in total. The Kier molecular flexibility index (Phi) is 6.11. The van der Waals surface area contributed by atoms with Crippen molar-refractivity contribution in [3.05, 3.63) is 12.2 Å². The average Bonchev–Trinajstić information content (AvgIpc) is 2.30. The number of rotatable bonds is 6. The van der Waals surface area contributed by atoms with Crippen LogP contribution in [0.5, 0.6) is 0 Å². The molecule has 0 radical (unpaired) electrons. The van der Waals surface area contributed by atoms with E-state index < -0.39 is 0 Å². The highest BCUT2D eigenvalue weighted by Gasteiger charge is 2.14. The van der Waals surface area contributed by atoms with E-state index in [0.717, 1.165) is 26.0 Å². The lowest BCUT2D eigenvalue weighted by Gasteiger charge is -2.22. The maximum atomic E-state index is 11.2. The van der Waals surface area contributed by atoms with Gasteiger partial charge in [-0.1, -0.05) is 6.58 Å². The van der Waals surface area contributed by atoms with Crippen molar-refractivity contribution in [3.8, 4) is 0 Å². The van der Waals surface area contributed by atoms with Crippen molar-refractivity contribution in [3.63, 3.8) is 0 Å². The zero-order chi connectivity index (χ0) is 11.8. The lowest BCUT2D eigenvalue weighted by molar-refractivity contribution is -0.138. The van der Waals surface area contributed by atoms with Crippen LogP contribution in [0.4, 0.5) is 0 Å². The SMILES string of the molecule is C=C(CNCC1CCCCO1)C(=O)OCC. The molecule has 0 saturated carbocycles. The second-order valence-corrected chi connectivity index (χ2v) is 3.94. The topological polar surface area (TPSA) is 47.6 Å². The third-order valence-electron chi connectivity index (χ3n) is 2.55. The van der Waals surface area contributed by atoms with E-state index in [2.05, 4.69) is 11.9 Å². The second kappa shape index (κ2) is 7.41. The molecule has 1 fully saturated rings. The Morgan fingerprint density at radius 2 is 2.38 bits per heavy atom. The highest BCUT2D eigenvalue weighted by atomic mass is 16.5. The van der Waals surface area contributed by atoms with E-state index in [-0.39, 0.29) is 12.1 Å². The van der Waals surface area contributed by atoms with Crippen LogP contribution in [-0.2, 0) is 14.3 Å². The van der Waals surface area contributed by atoms with E-state index >= 15 is 0 Å². The minimum absolute atomic E-state index is 0.281. The summed E-state index contributed by atoms with van der Waals surface area (Å²) in [6.07, 6.45) is 3.76. The summed E-state index contributed by atoms with van der Waals surface area (Å²) in [6, 6.07) is 0. The summed E-state index contributed by atoms with van der Waals surface area (Å²) in [6.45, 7) is 7.96. The number of nitrogens with one attached hydrogen (secondary N) is 1. The van der Waals surface area contributed by atoms with Crippen LogP contribution in [0.3, 0.4) is 0 Å². The van der Waals surface area contributed by atoms with Crippen LogP contribution in [0, 0.1) is 0 Å². The molecule has 1 saturated heterocycles. The summed E-state index contributed by atoms with van der Waals surface area (Å²) in [5, 5.41) is 3.17. The van der Waals surface area contributed by atoms with Crippen LogP contribution in [0.1, 0.15) is 26.2 Å². The number of esters is 1. The summed E-state index contributed by atoms with van der Waals surface area (Å²) in [7, 11) is 0. The van der Waals surface area contributed by atoms with Crippen molar-refractivity contribution in [1.29, 1.82) is 0 Å². The maximum Gasteiger partial charge on any atom is 0.334 e. The van der Waals surface area contributed by atoms with Gasteiger partial charge in [0.25, 0.3) is 0 Å². The lowest BCUT2D eigenvalue weighted by Crippen LogP contribution is -2.33. The van der Waals surface area contributed by atoms with Crippen molar-refractivity contribution in [2.75, 3.05) is 26.3 Å². The molecule has 0 amide bonds. The first-order valence-corrected chi connectivity index (χ1v) is 5.91. The van der Waals surface area contributed by atoms with E-state index in [0.29, 0.717) is 18.7 Å². The Balaban J connectivity index is 2.09. The summed E-state index contributed by atoms with van der Waals surface area (Å²) in [5.74, 6) is -0.320. The summed E-state index contributed by atoms with van der Waals surface area (Å²) in [5.41, 5.74) is 0.470. The molecular formula is C12H21NO3. The van der Waals surface area contributed by atoms with E-state index in [1.54, 1.807) is 6.92 Å². The quantitative estimate of drug-likeness (QED) is 0.548. The highest BCUT2D eigenvalue weighted by Crippen LogP contribution is 2.11. The van der Waals surface area contributed by atoms with Gasteiger partial charge in [0.2, 0.25) is 0 Å². The third kappa shape index (κ3) is 4.77. The van der Waals surface area contributed by atoms with Gasteiger partial charge in [-0.15, -0.1) is 0 Å². The normalized spacial score (nSPS) is 20.4. The fourth-order valence-corrected chi connectivity index (χ4v) is 1.66. The van der Waals surface area contributed by atoms with Crippen molar-refractivity contribution in [2.24, 2.45) is 0 Å². The van der Waals surface area contributed by atoms with Gasteiger partial charge in [0.05, 0.1) is 12.7 Å². The van der Waals surface area contributed by atoms with Crippen molar-refractivity contribution >= 4 is 5.97 Å². The number of hydrogen-bond acceptors (Lipinski definition) is 4. The molecule has 1 aliphatic rings. The number of ether oxygens (including phenoxy) is 2. The van der Waals surface area contributed by atoms with Crippen LogP contribution < -0.4 is 5.32 Å².